The molecular formula is C14H19NO4S. The van der Waals surface area contributed by atoms with Crippen molar-refractivity contribution in [2.24, 2.45) is 0 Å². The molecule has 2 atom stereocenters. The normalized spacial score (nSPS) is 23.4. The number of carbonyl (C=O) groups excluding carboxylic acids is 1. The van der Waals surface area contributed by atoms with Crippen molar-refractivity contribution in [1.29, 1.82) is 0 Å². The molecule has 5 nitrogen and oxygen atoms in total. The number of morpholine rings is 1. The van der Waals surface area contributed by atoms with Crippen molar-refractivity contribution in [3.63, 3.8) is 0 Å². The predicted octanol–water partition coefficient (Wildman–Crippen LogP) is 2.13. The molecule has 0 saturated carbocycles. The maximum atomic E-state index is 12.1. The molecule has 0 aromatic carbocycles. The number of carboxylic acid groups (broad SMARTS) is 1. The Hall–Kier alpha value is -1.40. The first-order valence-electron chi connectivity index (χ1n) is 6.55. The minimum absolute atomic E-state index is 0.0714. The van der Waals surface area contributed by atoms with Crippen LogP contribution in [0.2, 0.25) is 0 Å². The molecule has 2 heterocycles. The molecule has 0 aliphatic carbocycles. The average Bonchev–Trinajstić information content (AvgIpc) is 2.66. The van der Waals surface area contributed by atoms with Crippen molar-refractivity contribution < 1.29 is 19.4 Å². The van der Waals surface area contributed by atoms with E-state index in [4.69, 9.17) is 4.74 Å². The highest BCUT2D eigenvalue weighted by Gasteiger charge is 2.43. The maximum absolute atomic E-state index is 12.1. The summed E-state index contributed by atoms with van der Waals surface area (Å²) in [5.41, 5.74) is 0.877. The van der Waals surface area contributed by atoms with Gasteiger partial charge in [0.2, 0.25) is 5.91 Å². The first kappa shape index (κ1) is 15.0. The standard InChI is InChI=1S/C14H19NO4S/c1-7(2)15-11(16)6-19-13(14(17)18)12(15)10-5-8(3)20-9(10)4/h5,7,12-13H,6H2,1-4H3,(H,17,18). The Balaban J connectivity index is 2.51. The van der Waals surface area contributed by atoms with Gasteiger partial charge in [-0.15, -0.1) is 11.3 Å². The fourth-order valence-electron chi connectivity index (χ4n) is 2.70. The third-order valence-electron chi connectivity index (χ3n) is 3.46. The summed E-state index contributed by atoms with van der Waals surface area (Å²) in [6.07, 6.45) is -1.01. The van der Waals surface area contributed by atoms with Crippen LogP contribution in [0.4, 0.5) is 0 Å². The van der Waals surface area contributed by atoms with E-state index in [1.807, 2.05) is 33.8 Å². The molecular weight excluding hydrogens is 278 g/mol. The van der Waals surface area contributed by atoms with Gasteiger partial charge in [-0.1, -0.05) is 0 Å². The second-order valence-electron chi connectivity index (χ2n) is 5.28. The van der Waals surface area contributed by atoms with Crippen LogP contribution in [-0.4, -0.2) is 40.6 Å². The van der Waals surface area contributed by atoms with Crippen molar-refractivity contribution in [3.8, 4) is 0 Å². The number of nitrogens with zero attached hydrogens (tertiary/aromatic N) is 1. The molecule has 1 N–H and O–H groups in total. The molecule has 110 valence electrons. The lowest BCUT2D eigenvalue weighted by Crippen LogP contribution is -2.54. The molecule has 20 heavy (non-hydrogen) atoms. The molecule has 1 saturated heterocycles. The molecule has 1 fully saturated rings. The predicted molar refractivity (Wildman–Crippen MR) is 75.9 cm³/mol. The number of carboxylic acids is 1. The lowest BCUT2D eigenvalue weighted by atomic mass is 9.96. The monoisotopic (exact) mass is 297 g/mol. The largest absolute Gasteiger partial charge is 0.479 e. The van der Waals surface area contributed by atoms with Gasteiger partial charge >= 0.3 is 5.97 Å². The fourth-order valence-corrected chi connectivity index (χ4v) is 3.67. The van der Waals surface area contributed by atoms with Crippen LogP contribution in [0, 0.1) is 13.8 Å². The molecule has 0 radical (unpaired) electrons. The van der Waals surface area contributed by atoms with Gasteiger partial charge in [0.25, 0.3) is 0 Å². The van der Waals surface area contributed by atoms with Gasteiger partial charge in [-0.25, -0.2) is 4.79 Å². The zero-order valence-electron chi connectivity index (χ0n) is 12.0. The highest BCUT2D eigenvalue weighted by molar-refractivity contribution is 7.12. The number of thiophene rings is 1. The van der Waals surface area contributed by atoms with Crippen molar-refractivity contribution in [1.82, 2.24) is 4.90 Å². The molecule has 2 rings (SSSR count). The Morgan fingerprint density at radius 2 is 2.15 bits per heavy atom. The second-order valence-corrected chi connectivity index (χ2v) is 6.74. The highest BCUT2D eigenvalue weighted by atomic mass is 32.1. The van der Waals surface area contributed by atoms with E-state index in [-0.39, 0.29) is 18.6 Å². The number of hydrogen-bond acceptors (Lipinski definition) is 4. The van der Waals surface area contributed by atoms with E-state index in [9.17, 15) is 14.7 Å². The topological polar surface area (TPSA) is 66.8 Å². The maximum Gasteiger partial charge on any atom is 0.335 e. The van der Waals surface area contributed by atoms with E-state index < -0.39 is 18.1 Å². The van der Waals surface area contributed by atoms with Crippen LogP contribution in [0.15, 0.2) is 6.07 Å². The number of aryl methyl sites for hydroxylation is 2. The van der Waals surface area contributed by atoms with Gasteiger partial charge in [0.05, 0.1) is 6.04 Å². The van der Waals surface area contributed by atoms with E-state index in [2.05, 4.69) is 0 Å². The summed E-state index contributed by atoms with van der Waals surface area (Å²) in [6, 6.07) is 1.33. The summed E-state index contributed by atoms with van der Waals surface area (Å²) < 4.78 is 5.28. The van der Waals surface area contributed by atoms with Crippen LogP contribution >= 0.6 is 11.3 Å². The number of rotatable bonds is 3. The molecule has 1 amide bonds. The van der Waals surface area contributed by atoms with Gasteiger partial charge in [0, 0.05) is 15.8 Å². The molecule has 1 aromatic rings. The summed E-state index contributed by atoms with van der Waals surface area (Å²) in [7, 11) is 0. The van der Waals surface area contributed by atoms with Gasteiger partial charge in [-0.05, 0) is 39.3 Å². The molecule has 1 aliphatic heterocycles. The molecule has 0 bridgehead atoms. The quantitative estimate of drug-likeness (QED) is 0.928. The van der Waals surface area contributed by atoms with E-state index >= 15 is 0 Å². The van der Waals surface area contributed by atoms with Gasteiger partial charge in [-0.3, -0.25) is 4.79 Å². The van der Waals surface area contributed by atoms with Crippen molar-refractivity contribution in [3.05, 3.63) is 21.4 Å². The van der Waals surface area contributed by atoms with E-state index in [1.54, 1.807) is 16.2 Å². The lowest BCUT2D eigenvalue weighted by molar-refractivity contribution is -0.175. The molecule has 6 heteroatoms. The van der Waals surface area contributed by atoms with Crippen LogP contribution in [0.3, 0.4) is 0 Å². The summed E-state index contributed by atoms with van der Waals surface area (Å²) >= 11 is 1.61. The number of hydrogen-bond donors (Lipinski definition) is 1. The number of aliphatic carboxylic acids is 1. The Bertz CT molecular complexity index is 537. The van der Waals surface area contributed by atoms with Crippen molar-refractivity contribution >= 4 is 23.2 Å². The summed E-state index contributed by atoms with van der Waals surface area (Å²) in [4.78, 5) is 27.4. The smallest absolute Gasteiger partial charge is 0.335 e. The summed E-state index contributed by atoms with van der Waals surface area (Å²) in [5.74, 6) is -1.19. The van der Waals surface area contributed by atoms with Crippen LogP contribution < -0.4 is 0 Å². The Morgan fingerprint density at radius 3 is 2.60 bits per heavy atom. The first-order chi connectivity index (χ1) is 9.32. The van der Waals surface area contributed by atoms with E-state index in [0.717, 1.165) is 15.3 Å². The lowest BCUT2D eigenvalue weighted by Gasteiger charge is -2.41. The minimum Gasteiger partial charge on any atom is -0.479 e. The van der Waals surface area contributed by atoms with Crippen LogP contribution in [0.25, 0.3) is 0 Å². The summed E-state index contributed by atoms with van der Waals surface area (Å²) in [6.45, 7) is 7.53. The third-order valence-corrected chi connectivity index (χ3v) is 4.44. The first-order valence-corrected chi connectivity index (χ1v) is 7.37. The Kier molecular flexibility index (Phi) is 4.15. The van der Waals surface area contributed by atoms with Crippen molar-refractivity contribution in [2.75, 3.05) is 6.61 Å². The molecule has 1 aromatic heterocycles. The number of carbonyl (C=O) groups is 2. The molecule has 2 unspecified atom stereocenters. The van der Waals surface area contributed by atoms with Crippen LogP contribution in [0.5, 0.6) is 0 Å². The Morgan fingerprint density at radius 1 is 1.50 bits per heavy atom. The van der Waals surface area contributed by atoms with Crippen LogP contribution in [0.1, 0.15) is 35.2 Å². The molecule has 1 aliphatic rings. The SMILES string of the molecule is Cc1cc(C2C(C(=O)O)OCC(=O)N2C(C)C)c(C)s1. The zero-order valence-corrected chi connectivity index (χ0v) is 12.9. The van der Waals surface area contributed by atoms with Gasteiger partial charge in [-0.2, -0.15) is 0 Å². The van der Waals surface area contributed by atoms with Gasteiger partial charge < -0.3 is 14.7 Å². The fraction of sp³-hybridized carbons (Fsp3) is 0.571. The highest BCUT2D eigenvalue weighted by Crippen LogP contribution is 2.37. The van der Waals surface area contributed by atoms with Crippen LogP contribution in [-0.2, 0) is 14.3 Å². The Labute approximate surface area is 122 Å². The second kappa shape index (κ2) is 5.54. The van der Waals surface area contributed by atoms with Gasteiger partial charge in [0.15, 0.2) is 6.10 Å². The number of amides is 1. The van der Waals surface area contributed by atoms with Crippen molar-refractivity contribution in [2.45, 2.75) is 45.9 Å². The summed E-state index contributed by atoms with van der Waals surface area (Å²) in [5, 5.41) is 9.39. The van der Waals surface area contributed by atoms with E-state index in [0.29, 0.717) is 0 Å². The number of ether oxygens (including phenoxy) is 1. The molecule has 0 spiro atoms. The van der Waals surface area contributed by atoms with E-state index in [1.165, 1.54) is 0 Å². The third kappa shape index (κ3) is 2.58. The minimum atomic E-state index is -1.03. The van der Waals surface area contributed by atoms with Gasteiger partial charge in [0.1, 0.15) is 6.61 Å². The average molecular weight is 297 g/mol. The zero-order chi connectivity index (χ0) is 15.0.